The molecule has 1 fully saturated rings. The van der Waals surface area contributed by atoms with Crippen LogP contribution in [0.4, 0.5) is 5.82 Å². The van der Waals surface area contributed by atoms with E-state index in [1.807, 2.05) is 26.2 Å². The standard InChI is InChI=1S/C22H28N4O.CH2O2/c1-24-14-11-17-9-10-20(23-21(17)24)22(27)25(2)15-18-7-3-4-8-19(18)16-26-12-5-6-13-26;2-1-3/h3-4,7-10H,5-6,11-16H2,1-2H3;1H,(H,2,3). The number of carboxylic acid groups (broad SMARTS) is 1. The maximum atomic E-state index is 12.9. The molecule has 2 aliphatic heterocycles. The minimum atomic E-state index is -0.250. The first-order chi connectivity index (χ1) is 14.5. The van der Waals surface area contributed by atoms with E-state index < -0.39 is 0 Å². The molecule has 3 heterocycles. The summed E-state index contributed by atoms with van der Waals surface area (Å²) >= 11 is 0. The molecule has 4 rings (SSSR count). The number of likely N-dealkylation sites (tertiary alicyclic amines) is 1. The summed E-state index contributed by atoms with van der Waals surface area (Å²) in [4.78, 5) is 32.3. The van der Waals surface area contributed by atoms with Gasteiger partial charge in [0.2, 0.25) is 0 Å². The predicted octanol–water partition coefficient (Wildman–Crippen LogP) is 2.64. The van der Waals surface area contributed by atoms with Crippen LogP contribution in [0, 0.1) is 0 Å². The number of likely N-dealkylation sites (N-methyl/N-ethyl adjacent to an activating group) is 1. The van der Waals surface area contributed by atoms with Crippen molar-refractivity contribution in [3.05, 3.63) is 58.8 Å². The number of anilines is 1. The van der Waals surface area contributed by atoms with E-state index in [0.29, 0.717) is 12.2 Å². The van der Waals surface area contributed by atoms with Crippen LogP contribution in [0.2, 0.25) is 0 Å². The molecule has 1 amide bonds. The fraction of sp³-hybridized carbons (Fsp3) is 0.435. The zero-order chi connectivity index (χ0) is 21.5. The average Bonchev–Trinajstić information content (AvgIpc) is 3.39. The molecule has 30 heavy (non-hydrogen) atoms. The molecule has 0 radical (unpaired) electrons. The van der Waals surface area contributed by atoms with Gasteiger partial charge in [-0.25, -0.2) is 4.98 Å². The molecule has 0 atom stereocenters. The van der Waals surface area contributed by atoms with Crippen LogP contribution in [0.5, 0.6) is 0 Å². The molecule has 0 saturated carbocycles. The highest BCUT2D eigenvalue weighted by Crippen LogP contribution is 2.25. The molecule has 0 unspecified atom stereocenters. The van der Waals surface area contributed by atoms with Crippen molar-refractivity contribution in [3.8, 4) is 0 Å². The van der Waals surface area contributed by atoms with Crippen LogP contribution < -0.4 is 4.90 Å². The summed E-state index contributed by atoms with van der Waals surface area (Å²) in [5.74, 6) is 0.928. The molecule has 2 aromatic rings. The van der Waals surface area contributed by atoms with E-state index in [2.05, 4.69) is 39.0 Å². The number of aromatic nitrogens is 1. The molecule has 7 heteroatoms. The number of carbonyl (C=O) groups is 2. The van der Waals surface area contributed by atoms with Gasteiger partial charge in [-0.1, -0.05) is 30.3 Å². The SMILES string of the molecule is CN(Cc1ccccc1CN1CCCC1)C(=O)c1ccc2c(n1)N(C)CC2.O=CO. The Balaban J connectivity index is 0.000000806. The Morgan fingerprint density at radius 1 is 1.13 bits per heavy atom. The van der Waals surface area contributed by atoms with Gasteiger partial charge in [-0.15, -0.1) is 0 Å². The van der Waals surface area contributed by atoms with Gasteiger partial charge in [-0.2, -0.15) is 0 Å². The zero-order valence-electron chi connectivity index (χ0n) is 17.8. The number of rotatable bonds is 5. The summed E-state index contributed by atoms with van der Waals surface area (Å²) in [6.07, 6.45) is 3.59. The third kappa shape index (κ3) is 5.16. The Morgan fingerprint density at radius 2 is 1.80 bits per heavy atom. The quantitative estimate of drug-likeness (QED) is 0.764. The van der Waals surface area contributed by atoms with Crippen molar-refractivity contribution in [2.45, 2.75) is 32.4 Å². The van der Waals surface area contributed by atoms with Crippen LogP contribution in [-0.2, 0) is 24.3 Å². The number of pyridine rings is 1. The number of amides is 1. The minimum Gasteiger partial charge on any atom is -0.483 e. The monoisotopic (exact) mass is 410 g/mol. The summed E-state index contributed by atoms with van der Waals surface area (Å²) in [5, 5.41) is 6.89. The molecule has 0 bridgehead atoms. The van der Waals surface area contributed by atoms with Crippen LogP contribution >= 0.6 is 0 Å². The summed E-state index contributed by atoms with van der Waals surface area (Å²) in [7, 11) is 3.90. The Kier molecular flexibility index (Phi) is 7.41. The highest BCUT2D eigenvalue weighted by Gasteiger charge is 2.22. The summed E-state index contributed by atoms with van der Waals surface area (Å²) < 4.78 is 0. The number of nitrogens with zero attached hydrogens (tertiary/aromatic N) is 4. The van der Waals surface area contributed by atoms with Crippen LogP contribution in [-0.4, -0.2) is 66.0 Å². The summed E-state index contributed by atoms with van der Waals surface area (Å²) in [6.45, 7) is 4.66. The molecule has 1 aromatic heterocycles. The number of carbonyl (C=O) groups excluding carboxylic acids is 1. The van der Waals surface area contributed by atoms with E-state index >= 15 is 0 Å². The second-order valence-electron chi connectivity index (χ2n) is 7.87. The fourth-order valence-electron chi connectivity index (χ4n) is 4.09. The normalized spacial score (nSPS) is 15.3. The molecule has 2 aliphatic rings. The maximum absolute atomic E-state index is 12.9. The molecule has 1 N–H and O–H groups in total. The number of hydrogen-bond acceptors (Lipinski definition) is 5. The van der Waals surface area contributed by atoms with Gasteiger partial charge < -0.3 is 14.9 Å². The molecular formula is C23H30N4O3. The van der Waals surface area contributed by atoms with Gasteiger partial charge in [-0.05, 0) is 55.1 Å². The Bertz CT molecular complexity index is 881. The Labute approximate surface area is 177 Å². The van der Waals surface area contributed by atoms with Crippen LogP contribution in [0.25, 0.3) is 0 Å². The molecule has 0 spiro atoms. The van der Waals surface area contributed by atoms with Crippen LogP contribution in [0.1, 0.15) is 40.0 Å². The molecular weight excluding hydrogens is 380 g/mol. The van der Waals surface area contributed by atoms with Crippen molar-refractivity contribution >= 4 is 18.2 Å². The van der Waals surface area contributed by atoms with E-state index in [-0.39, 0.29) is 12.4 Å². The smallest absolute Gasteiger partial charge is 0.290 e. The third-order valence-corrected chi connectivity index (χ3v) is 5.72. The summed E-state index contributed by atoms with van der Waals surface area (Å²) in [6, 6.07) is 12.4. The van der Waals surface area contributed by atoms with Gasteiger partial charge in [0.15, 0.2) is 0 Å². The highest BCUT2D eigenvalue weighted by molar-refractivity contribution is 5.92. The van der Waals surface area contributed by atoms with Crippen molar-refractivity contribution in [2.24, 2.45) is 0 Å². The van der Waals surface area contributed by atoms with Gasteiger partial charge in [0.1, 0.15) is 11.5 Å². The van der Waals surface area contributed by atoms with E-state index in [1.54, 1.807) is 4.90 Å². The van der Waals surface area contributed by atoms with Gasteiger partial charge in [0.25, 0.3) is 12.4 Å². The maximum Gasteiger partial charge on any atom is 0.290 e. The second kappa shape index (κ2) is 10.2. The largest absolute Gasteiger partial charge is 0.483 e. The minimum absolute atomic E-state index is 0.0194. The number of hydrogen-bond donors (Lipinski definition) is 1. The highest BCUT2D eigenvalue weighted by atomic mass is 16.3. The van der Waals surface area contributed by atoms with Crippen molar-refractivity contribution in [1.82, 2.24) is 14.8 Å². The van der Waals surface area contributed by atoms with E-state index in [0.717, 1.165) is 25.3 Å². The summed E-state index contributed by atoms with van der Waals surface area (Å²) in [5.41, 5.74) is 4.30. The molecule has 7 nitrogen and oxygen atoms in total. The first kappa shape index (κ1) is 21.8. The lowest BCUT2D eigenvalue weighted by atomic mass is 10.1. The molecule has 160 valence electrons. The van der Waals surface area contributed by atoms with E-state index in [9.17, 15) is 4.79 Å². The molecule has 1 saturated heterocycles. The van der Waals surface area contributed by atoms with Crippen molar-refractivity contribution in [3.63, 3.8) is 0 Å². The lowest BCUT2D eigenvalue weighted by molar-refractivity contribution is -0.122. The fourth-order valence-corrected chi connectivity index (χ4v) is 4.09. The van der Waals surface area contributed by atoms with Crippen LogP contribution in [0.15, 0.2) is 36.4 Å². The van der Waals surface area contributed by atoms with Gasteiger partial charge >= 0.3 is 0 Å². The van der Waals surface area contributed by atoms with E-state index in [4.69, 9.17) is 9.90 Å². The molecule has 1 aromatic carbocycles. The average molecular weight is 411 g/mol. The molecule has 0 aliphatic carbocycles. The first-order valence-electron chi connectivity index (χ1n) is 10.4. The zero-order valence-corrected chi connectivity index (χ0v) is 17.8. The van der Waals surface area contributed by atoms with Crippen molar-refractivity contribution in [1.29, 1.82) is 0 Å². The van der Waals surface area contributed by atoms with Crippen molar-refractivity contribution < 1.29 is 14.7 Å². The van der Waals surface area contributed by atoms with Crippen LogP contribution in [0.3, 0.4) is 0 Å². The third-order valence-electron chi connectivity index (χ3n) is 5.72. The number of benzene rings is 1. The second-order valence-corrected chi connectivity index (χ2v) is 7.87. The number of fused-ring (bicyclic) bond motifs is 1. The van der Waals surface area contributed by atoms with Gasteiger partial charge in [0.05, 0.1) is 0 Å². The Morgan fingerprint density at radius 3 is 2.50 bits per heavy atom. The topological polar surface area (TPSA) is 77.0 Å². The van der Waals surface area contributed by atoms with E-state index in [1.165, 1.54) is 42.6 Å². The lowest BCUT2D eigenvalue weighted by Crippen LogP contribution is -2.28. The van der Waals surface area contributed by atoms with Crippen molar-refractivity contribution in [2.75, 3.05) is 38.6 Å². The predicted molar refractivity (Wildman–Crippen MR) is 117 cm³/mol. The Hall–Kier alpha value is -2.93. The lowest BCUT2D eigenvalue weighted by Gasteiger charge is -2.22. The van der Waals surface area contributed by atoms with Gasteiger partial charge in [-0.3, -0.25) is 14.5 Å². The van der Waals surface area contributed by atoms with Gasteiger partial charge in [0, 0.05) is 33.7 Å². The first-order valence-corrected chi connectivity index (χ1v) is 10.4.